The highest BCUT2D eigenvalue weighted by Gasteiger charge is 2.08. The van der Waals surface area contributed by atoms with E-state index in [1.807, 2.05) is 43.5 Å². The number of nitro benzene ring substituents is 1. The van der Waals surface area contributed by atoms with Crippen LogP contribution < -0.4 is 4.57 Å². The summed E-state index contributed by atoms with van der Waals surface area (Å²) in [5.74, 6) is 0. The summed E-state index contributed by atoms with van der Waals surface area (Å²) in [4.78, 5) is 10.4. The van der Waals surface area contributed by atoms with Crippen molar-refractivity contribution < 1.29 is 9.49 Å². The second-order valence-corrected chi connectivity index (χ2v) is 5.06. The summed E-state index contributed by atoms with van der Waals surface area (Å²) in [6, 6.07) is 18.9. The molecule has 0 unspecified atom stereocenters. The van der Waals surface area contributed by atoms with Gasteiger partial charge in [0.05, 0.1) is 4.92 Å². The zero-order valence-electron chi connectivity index (χ0n) is 12.5. The van der Waals surface area contributed by atoms with Gasteiger partial charge in [0, 0.05) is 35.7 Å². The molecule has 23 heavy (non-hydrogen) atoms. The molecule has 0 fully saturated rings. The number of aromatic nitrogens is 1. The first-order valence-electron chi connectivity index (χ1n) is 6.95. The van der Waals surface area contributed by atoms with E-state index in [-0.39, 0.29) is 34.6 Å². The number of para-hydroxylation sites is 1. The fourth-order valence-corrected chi connectivity index (χ4v) is 2.45. The summed E-state index contributed by atoms with van der Waals surface area (Å²) in [6.07, 6.45) is 3.85. The van der Waals surface area contributed by atoms with Gasteiger partial charge in [-0.1, -0.05) is 24.3 Å². The minimum Gasteiger partial charge on any atom is -0.258 e. The van der Waals surface area contributed by atoms with E-state index in [1.165, 1.54) is 11.5 Å². The molecule has 0 aliphatic carbocycles. The Kier molecular flexibility index (Phi) is 5.44. The molecule has 0 atom stereocenters. The van der Waals surface area contributed by atoms with Crippen LogP contribution >= 0.6 is 24.0 Å². The van der Waals surface area contributed by atoms with Crippen molar-refractivity contribution in [1.82, 2.24) is 0 Å². The van der Waals surface area contributed by atoms with E-state index < -0.39 is 0 Å². The minimum atomic E-state index is -0.382. The van der Waals surface area contributed by atoms with E-state index in [2.05, 4.69) is 22.8 Å². The highest BCUT2D eigenvalue weighted by atomic mass is 127. The predicted octanol–water partition coefficient (Wildman–Crippen LogP) is 4.36. The lowest BCUT2D eigenvalue weighted by Gasteiger charge is -2.00. The van der Waals surface area contributed by atoms with Crippen LogP contribution in [0.25, 0.3) is 23.1 Å². The Morgan fingerprint density at radius 1 is 1.00 bits per heavy atom. The number of nitrogens with zero attached hydrogens (tertiary/aromatic N) is 2. The number of aryl methyl sites for hydroxylation is 1. The van der Waals surface area contributed by atoms with Crippen LogP contribution in [0.15, 0.2) is 60.7 Å². The number of rotatable bonds is 3. The fraction of sp³-hybridized carbons (Fsp3) is 0.0556. The molecular weight excluding hydrogens is 403 g/mol. The highest BCUT2D eigenvalue weighted by Crippen LogP contribution is 2.16. The number of nitro groups is 1. The van der Waals surface area contributed by atoms with Crippen LogP contribution in [0, 0.1) is 10.1 Å². The summed E-state index contributed by atoms with van der Waals surface area (Å²) in [5.41, 5.74) is 3.08. The van der Waals surface area contributed by atoms with Gasteiger partial charge in [0.15, 0.2) is 0 Å². The summed E-state index contributed by atoms with van der Waals surface area (Å²) in [7, 11) is 2.01. The number of fused-ring (bicyclic) bond motifs is 1. The molecule has 0 aliphatic rings. The van der Waals surface area contributed by atoms with Gasteiger partial charge in [0.1, 0.15) is 7.05 Å². The van der Waals surface area contributed by atoms with Gasteiger partial charge in [-0.2, -0.15) is 4.57 Å². The van der Waals surface area contributed by atoms with Crippen molar-refractivity contribution in [2.75, 3.05) is 0 Å². The summed E-state index contributed by atoms with van der Waals surface area (Å²) >= 11 is 0. The van der Waals surface area contributed by atoms with Crippen molar-refractivity contribution in [1.29, 1.82) is 0 Å². The number of hydrogen-bond acceptors (Lipinski definition) is 2. The Bertz CT molecular complexity index is 891. The van der Waals surface area contributed by atoms with E-state index in [1.54, 1.807) is 12.1 Å². The Labute approximate surface area is 151 Å². The molecule has 116 valence electrons. The topological polar surface area (TPSA) is 47.0 Å². The maximum absolute atomic E-state index is 10.8. The van der Waals surface area contributed by atoms with Gasteiger partial charge in [0.2, 0.25) is 11.2 Å². The van der Waals surface area contributed by atoms with Gasteiger partial charge in [-0.25, -0.2) is 0 Å². The first-order valence-corrected chi connectivity index (χ1v) is 6.95. The van der Waals surface area contributed by atoms with Gasteiger partial charge in [-0.05, 0) is 23.8 Å². The fourth-order valence-electron chi connectivity index (χ4n) is 2.45. The van der Waals surface area contributed by atoms with Gasteiger partial charge in [-0.3, -0.25) is 10.1 Å². The van der Waals surface area contributed by atoms with Crippen LogP contribution in [0.4, 0.5) is 5.69 Å². The normalized spacial score (nSPS) is 10.7. The summed E-state index contributed by atoms with van der Waals surface area (Å²) in [6.45, 7) is 0. The van der Waals surface area contributed by atoms with E-state index >= 15 is 0 Å². The number of pyridine rings is 1. The Morgan fingerprint density at radius 3 is 2.57 bits per heavy atom. The van der Waals surface area contributed by atoms with Crippen LogP contribution in [0.2, 0.25) is 0 Å². The Hall–Kier alpha value is -2.28. The molecule has 2 aromatic carbocycles. The molecule has 0 saturated carbocycles. The first kappa shape index (κ1) is 17.1. The molecule has 4 nitrogen and oxygen atoms in total. The number of halogens is 1. The molecule has 3 rings (SSSR count). The Balaban J connectivity index is 0.00000192. The van der Waals surface area contributed by atoms with Crippen LogP contribution in [-0.2, 0) is 7.05 Å². The van der Waals surface area contributed by atoms with Crippen molar-refractivity contribution >= 4 is 52.7 Å². The largest absolute Gasteiger partial charge is 0.270 e. The molecule has 1 aromatic heterocycles. The van der Waals surface area contributed by atoms with E-state index in [9.17, 15) is 10.1 Å². The molecule has 3 aromatic rings. The smallest absolute Gasteiger partial charge is 0.258 e. The maximum Gasteiger partial charge on any atom is 0.270 e. The van der Waals surface area contributed by atoms with Gasteiger partial charge < -0.3 is 0 Å². The molecule has 0 aliphatic heterocycles. The van der Waals surface area contributed by atoms with Crippen molar-refractivity contribution in [2.45, 2.75) is 0 Å². The SMILES string of the molecule is C[n+]1c(C=Cc2cccc([N+](=O)[O-])c2)ccc2ccccc21.I. The molecular formula is C18H16IN2O2+. The monoisotopic (exact) mass is 419 g/mol. The third kappa shape index (κ3) is 3.73. The summed E-state index contributed by atoms with van der Waals surface area (Å²) < 4.78 is 2.10. The van der Waals surface area contributed by atoms with Crippen LogP contribution in [0.5, 0.6) is 0 Å². The van der Waals surface area contributed by atoms with Crippen molar-refractivity contribution in [3.05, 3.63) is 82.0 Å². The standard InChI is InChI=1S/C18H15N2O2.HI/c1-19-16(12-10-15-6-2-3-8-18(15)19)11-9-14-5-4-7-17(13-14)20(21)22;/h2-13H,1H3;1H/q+1;. The lowest BCUT2D eigenvalue weighted by Crippen LogP contribution is -2.32. The average Bonchev–Trinajstić information content (AvgIpc) is 2.55. The molecule has 0 N–H and O–H groups in total. The second kappa shape index (κ2) is 7.32. The molecule has 5 heteroatoms. The molecule has 0 amide bonds. The Morgan fingerprint density at radius 2 is 1.78 bits per heavy atom. The lowest BCUT2D eigenvalue weighted by atomic mass is 10.1. The second-order valence-electron chi connectivity index (χ2n) is 5.06. The number of benzene rings is 2. The third-order valence-corrected chi connectivity index (χ3v) is 3.65. The predicted molar refractivity (Wildman–Crippen MR) is 103 cm³/mol. The van der Waals surface area contributed by atoms with E-state index in [4.69, 9.17) is 0 Å². The van der Waals surface area contributed by atoms with Crippen molar-refractivity contribution in [2.24, 2.45) is 7.05 Å². The third-order valence-electron chi connectivity index (χ3n) is 3.65. The van der Waals surface area contributed by atoms with Gasteiger partial charge in [0.25, 0.3) is 5.69 Å². The van der Waals surface area contributed by atoms with Crippen molar-refractivity contribution in [3.8, 4) is 0 Å². The molecule has 0 bridgehead atoms. The van der Waals surface area contributed by atoms with Crippen LogP contribution in [-0.4, -0.2) is 4.92 Å². The zero-order chi connectivity index (χ0) is 15.5. The average molecular weight is 419 g/mol. The van der Waals surface area contributed by atoms with Gasteiger partial charge in [-0.15, -0.1) is 24.0 Å². The van der Waals surface area contributed by atoms with Crippen LogP contribution in [0.3, 0.4) is 0 Å². The minimum absolute atomic E-state index is 0. The first-order chi connectivity index (χ1) is 10.6. The molecule has 1 heterocycles. The van der Waals surface area contributed by atoms with E-state index in [0.29, 0.717) is 0 Å². The number of hydrogen-bond donors (Lipinski definition) is 0. The van der Waals surface area contributed by atoms with Crippen molar-refractivity contribution in [3.63, 3.8) is 0 Å². The molecule has 0 spiro atoms. The zero-order valence-corrected chi connectivity index (χ0v) is 14.9. The number of non-ortho nitro benzene ring substituents is 1. The quantitative estimate of drug-likeness (QED) is 0.274. The van der Waals surface area contributed by atoms with E-state index in [0.717, 1.165) is 16.8 Å². The van der Waals surface area contributed by atoms with Gasteiger partial charge >= 0.3 is 0 Å². The highest BCUT2D eigenvalue weighted by molar-refractivity contribution is 14.0. The maximum atomic E-state index is 10.8. The lowest BCUT2D eigenvalue weighted by molar-refractivity contribution is -0.646. The van der Waals surface area contributed by atoms with Crippen LogP contribution in [0.1, 0.15) is 11.3 Å². The molecule has 0 saturated heterocycles. The molecule has 0 radical (unpaired) electrons. The summed E-state index contributed by atoms with van der Waals surface area (Å²) in [5, 5.41) is 12.0.